The van der Waals surface area contributed by atoms with Crippen molar-refractivity contribution in [3.05, 3.63) is 132 Å². The van der Waals surface area contributed by atoms with Crippen LogP contribution in [0.25, 0.3) is 28.4 Å². The Morgan fingerprint density at radius 2 is 1.65 bits per heavy atom. The fourth-order valence-electron chi connectivity index (χ4n) is 4.65. The Morgan fingerprint density at radius 3 is 2.37 bits per heavy atom. The van der Waals surface area contributed by atoms with Gasteiger partial charge in [-0.3, -0.25) is 0 Å². The molecule has 0 unspecified atom stereocenters. The average Bonchev–Trinajstić information content (AvgIpc) is 3.44. The summed E-state index contributed by atoms with van der Waals surface area (Å²) in [5, 5.41) is 12.3. The van der Waals surface area contributed by atoms with E-state index < -0.39 is 11.6 Å². The van der Waals surface area contributed by atoms with Crippen molar-refractivity contribution in [3.8, 4) is 11.4 Å². The minimum atomic E-state index is -0.614. The number of benzene rings is 4. The van der Waals surface area contributed by atoms with Gasteiger partial charge in [-0.25, -0.2) is 4.79 Å². The minimum absolute atomic E-state index is 0.210. The lowest BCUT2D eigenvalue weighted by molar-refractivity contribution is 0.137. The zero-order valence-corrected chi connectivity index (χ0v) is 24.8. The molecule has 0 aliphatic carbocycles. The molecule has 0 saturated carbocycles. The lowest BCUT2D eigenvalue weighted by Crippen LogP contribution is -2.41. The molecule has 0 radical (unpaired) electrons. The van der Waals surface area contributed by atoms with Crippen molar-refractivity contribution in [2.45, 2.75) is 32.7 Å². The number of ether oxygens (including phenoxy) is 2. The highest BCUT2D eigenvalue weighted by Gasteiger charge is 2.24. The Balaban J connectivity index is 1.26. The van der Waals surface area contributed by atoms with Crippen molar-refractivity contribution in [2.24, 2.45) is 0 Å². The van der Waals surface area contributed by atoms with Crippen LogP contribution in [0, 0.1) is 0 Å². The van der Waals surface area contributed by atoms with Crippen molar-refractivity contribution in [1.29, 1.82) is 0 Å². The van der Waals surface area contributed by atoms with Crippen LogP contribution in [-0.2, 0) is 16.7 Å². The highest BCUT2D eigenvalue weighted by molar-refractivity contribution is 5.74. The largest absolute Gasteiger partial charge is 0.487 e. The summed E-state index contributed by atoms with van der Waals surface area (Å²) in [6.07, 6.45) is 4.04. The highest BCUT2D eigenvalue weighted by atomic mass is 16.5. The molecule has 1 aromatic heterocycles. The fraction of sp³-hybridized carbons (Fsp3) is 0.194. The maximum atomic E-state index is 12.7. The normalized spacial score (nSPS) is 11.5. The SMILES string of the molecule is C=C(C)c1cccc(C(C)(C)NC(=O)OCCc2ccc(OCC=Cc3ccccc3)c(-n3nc4ccccc4n3)c2)c1. The summed E-state index contributed by atoms with van der Waals surface area (Å²) in [5.41, 5.74) is 6.73. The van der Waals surface area contributed by atoms with E-state index in [1.807, 2.05) is 130 Å². The van der Waals surface area contributed by atoms with Crippen molar-refractivity contribution in [2.75, 3.05) is 13.2 Å². The summed E-state index contributed by atoms with van der Waals surface area (Å²) in [4.78, 5) is 14.3. The van der Waals surface area contributed by atoms with Crippen molar-refractivity contribution >= 4 is 28.8 Å². The molecular weight excluding hydrogens is 536 g/mol. The lowest BCUT2D eigenvalue weighted by atomic mass is 9.92. The van der Waals surface area contributed by atoms with Crippen LogP contribution in [0.2, 0.25) is 0 Å². The molecule has 5 rings (SSSR count). The summed E-state index contributed by atoms with van der Waals surface area (Å²) in [5.74, 6) is 0.652. The molecule has 0 bridgehead atoms. The Labute approximate surface area is 252 Å². The monoisotopic (exact) mass is 572 g/mol. The first-order chi connectivity index (χ1) is 20.8. The molecule has 1 heterocycles. The molecule has 43 heavy (non-hydrogen) atoms. The molecule has 0 saturated heterocycles. The molecular formula is C36H36N4O3. The third-order valence-electron chi connectivity index (χ3n) is 7.09. The van der Waals surface area contributed by atoms with Gasteiger partial charge in [0.1, 0.15) is 29.1 Å². The van der Waals surface area contributed by atoms with Crippen LogP contribution in [0.3, 0.4) is 0 Å². The smallest absolute Gasteiger partial charge is 0.407 e. The van der Waals surface area contributed by atoms with Crippen molar-refractivity contribution < 1.29 is 14.3 Å². The standard InChI is InChI=1S/C36H36N4O3/c1-26(2)29-15-10-16-30(25-29)36(3,4)37-35(41)43-23-21-28-19-20-34(42-22-11-14-27-12-6-5-7-13-27)33(24-28)40-38-31-17-8-9-18-32(31)39-40/h5-20,24-25H,1,21-23H2,2-4H3,(H,37,41). The van der Waals surface area contributed by atoms with Gasteiger partial charge in [-0.2, -0.15) is 0 Å². The first kappa shape index (κ1) is 29.3. The molecule has 7 nitrogen and oxygen atoms in total. The van der Waals surface area contributed by atoms with E-state index in [4.69, 9.17) is 9.47 Å². The molecule has 0 atom stereocenters. The minimum Gasteiger partial charge on any atom is -0.487 e. The van der Waals surface area contributed by atoms with Crippen LogP contribution in [0.1, 0.15) is 43.0 Å². The first-order valence-electron chi connectivity index (χ1n) is 14.3. The molecule has 218 valence electrons. The summed E-state index contributed by atoms with van der Waals surface area (Å²) >= 11 is 0. The van der Waals surface area contributed by atoms with Gasteiger partial charge in [0.25, 0.3) is 0 Å². The fourth-order valence-corrected chi connectivity index (χ4v) is 4.65. The van der Waals surface area contributed by atoms with Gasteiger partial charge in [-0.05, 0) is 79.4 Å². The number of hydrogen-bond donors (Lipinski definition) is 1. The van der Waals surface area contributed by atoms with Gasteiger partial charge in [-0.1, -0.05) is 85.0 Å². The van der Waals surface area contributed by atoms with Crippen LogP contribution in [0.4, 0.5) is 4.79 Å². The van der Waals surface area contributed by atoms with Crippen LogP contribution in [0.15, 0.2) is 110 Å². The Kier molecular flexibility index (Phi) is 9.01. The van der Waals surface area contributed by atoms with Gasteiger partial charge in [0.2, 0.25) is 0 Å². The molecule has 1 N–H and O–H groups in total. The van der Waals surface area contributed by atoms with Gasteiger partial charge < -0.3 is 14.8 Å². The topological polar surface area (TPSA) is 78.3 Å². The van der Waals surface area contributed by atoms with Crippen LogP contribution < -0.4 is 10.1 Å². The Hall–Kier alpha value is -5.17. The predicted octanol–water partition coefficient (Wildman–Crippen LogP) is 7.75. The molecule has 7 heteroatoms. The van der Waals surface area contributed by atoms with Crippen LogP contribution >= 0.6 is 0 Å². The number of rotatable bonds is 11. The van der Waals surface area contributed by atoms with Crippen molar-refractivity contribution in [1.82, 2.24) is 20.3 Å². The second-order valence-electron chi connectivity index (χ2n) is 10.9. The lowest BCUT2D eigenvalue weighted by Gasteiger charge is -2.27. The highest BCUT2D eigenvalue weighted by Crippen LogP contribution is 2.26. The molecule has 5 aromatic rings. The number of allylic oxidation sites excluding steroid dienone is 1. The third kappa shape index (κ3) is 7.57. The molecule has 0 aliphatic heterocycles. The van der Waals surface area contributed by atoms with Gasteiger partial charge in [0.05, 0.1) is 12.1 Å². The molecule has 1 amide bonds. The summed E-state index contributed by atoms with van der Waals surface area (Å²) in [6, 6.07) is 31.7. The number of carbonyl (C=O) groups excluding carboxylic acids is 1. The molecule has 0 aliphatic rings. The van der Waals surface area contributed by atoms with Gasteiger partial charge >= 0.3 is 6.09 Å². The van der Waals surface area contributed by atoms with Gasteiger partial charge in [0, 0.05) is 6.42 Å². The first-order valence-corrected chi connectivity index (χ1v) is 14.3. The van der Waals surface area contributed by atoms with E-state index in [1.165, 1.54) is 0 Å². The van der Waals surface area contributed by atoms with E-state index in [1.54, 1.807) is 4.80 Å². The number of nitrogens with one attached hydrogen (secondary N) is 1. The number of fused-ring (bicyclic) bond motifs is 1. The van der Waals surface area contributed by atoms with E-state index in [2.05, 4.69) is 22.1 Å². The number of carbonyl (C=O) groups is 1. The number of hydrogen-bond acceptors (Lipinski definition) is 5. The molecule has 0 fully saturated rings. The number of amides is 1. The van der Waals surface area contributed by atoms with E-state index in [9.17, 15) is 4.79 Å². The number of nitrogens with zero attached hydrogens (tertiary/aromatic N) is 3. The second-order valence-corrected chi connectivity index (χ2v) is 10.9. The van der Waals surface area contributed by atoms with E-state index in [0.29, 0.717) is 24.5 Å². The van der Waals surface area contributed by atoms with Crippen molar-refractivity contribution in [3.63, 3.8) is 0 Å². The second kappa shape index (κ2) is 13.2. The number of aromatic nitrogens is 3. The maximum absolute atomic E-state index is 12.7. The molecule has 4 aromatic carbocycles. The summed E-state index contributed by atoms with van der Waals surface area (Å²) in [7, 11) is 0. The summed E-state index contributed by atoms with van der Waals surface area (Å²) < 4.78 is 11.7. The third-order valence-corrected chi connectivity index (χ3v) is 7.09. The zero-order chi connectivity index (χ0) is 30.2. The molecule has 0 spiro atoms. The average molecular weight is 573 g/mol. The van der Waals surface area contributed by atoms with Crippen LogP contribution in [0.5, 0.6) is 5.75 Å². The van der Waals surface area contributed by atoms with E-state index >= 15 is 0 Å². The van der Waals surface area contributed by atoms with E-state index in [0.717, 1.165) is 38.9 Å². The maximum Gasteiger partial charge on any atom is 0.407 e. The zero-order valence-electron chi connectivity index (χ0n) is 24.8. The summed E-state index contributed by atoms with van der Waals surface area (Å²) in [6.45, 7) is 10.5. The Bertz CT molecular complexity index is 1720. The van der Waals surface area contributed by atoms with Gasteiger partial charge in [0.15, 0.2) is 0 Å². The van der Waals surface area contributed by atoms with Gasteiger partial charge in [-0.15, -0.1) is 15.0 Å². The Morgan fingerprint density at radius 1 is 0.930 bits per heavy atom. The van der Waals surface area contributed by atoms with Crippen LogP contribution in [-0.4, -0.2) is 34.3 Å². The predicted molar refractivity (Wildman–Crippen MR) is 172 cm³/mol. The van der Waals surface area contributed by atoms with E-state index in [-0.39, 0.29) is 6.61 Å². The quantitative estimate of drug-likeness (QED) is 0.175. The number of alkyl carbamates (subject to hydrolysis) is 1.